The first-order valence-corrected chi connectivity index (χ1v) is 10.4. The number of amides is 2. The Balaban J connectivity index is 0.00000149. The second-order valence-corrected chi connectivity index (χ2v) is 7.03. The van der Waals surface area contributed by atoms with Gasteiger partial charge in [0.05, 0.1) is 24.0 Å². The molecule has 1 N–H and O–H groups in total. The van der Waals surface area contributed by atoms with Crippen molar-refractivity contribution < 1.29 is 22.7 Å². The lowest BCUT2D eigenvalue weighted by molar-refractivity contribution is -0.137. The van der Waals surface area contributed by atoms with Crippen molar-refractivity contribution in [2.24, 2.45) is 0 Å². The van der Waals surface area contributed by atoms with E-state index in [2.05, 4.69) is 20.3 Å². The van der Waals surface area contributed by atoms with Crippen LogP contribution in [0.4, 0.5) is 29.5 Å². The lowest BCUT2D eigenvalue weighted by Crippen LogP contribution is -2.41. The third kappa shape index (κ3) is 5.57. The minimum atomic E-state index is -4.48. The molecular formula is C23H24F3N5O2. The standard InChI is InChI=1S/C21H18F3N5O2.C2H6/c1-12-8-16(9-13(2)26-12)27-20(30)29-6-7-31-19-18(29)28-17(11-25-19)14-4-3-5-15(10-14)21(22,23)24;1-2/h3-5,8-11H,6-7H2,1-2H3,(H,26,27,30);1-2H3. The Labute approximate surface area is 189 Å². The van der Waals surface area contributed by atoms with Crippen molar-refractivity contribution in [1.82, 2.24) is 15.0 Å². The minimum Gasteiger partial charge on any atom is -0.473 e. The highest BCUT2D eigenvalue weighted by Crippen LogP contribution is 2.34. The number of carbonyl (C=O) groups is 1. The van der Waals surface area contributed by atoms with E-state index in [1.165, 1.54) is 23.2 Å². The lowest BCUT2D eigenvalue weighted by atomic mass is 10.1. The molecule has 2 amide bonds. The molecule has 33 heavy (non-hydrogen) atoms. The van der Waals surface area contributed by atoms with E-state index in [-0.39, 0.29) is 36.1 Å². The predicted molar refractivity (Wildman–Crippen MR) is 119 cm³/mol. The molecule has 3 heterocycles. The highest BCUT2D eigenvalue weighted by Gasteiger charge is 2.31. The van der Waals surface area contributed by atoms with Crippen LogP contribution in [0, 0.1) is 13.8 Å². The van der Waals surface area contributed by atoms with Crippen molar-refractivity contribution in [3.63, 3.8) is 0 Å². The summed E-state index contributed by atoms with van der Waals surface area (Å²) in [6.45, 7) is 8.06. The number of carbonyl (C=O) groups excluding carboxylic acids is 1. The van der Waals surface area contributed by atoms with Crippen LogP contribution >= 0.6 is 0 Å². The molecule has 1 aromatic carbocycles. The van der Waals surface area contributed by atoms with Gasteiger partial charge in [-0.25, -0.2) is 14.8 Å². The number of nitrogens with zero attached hydrogens (tertiary/aromatic N) is 4. The number of ether oxygens (including phenoxy) is 1. The van der Waals surface area contributed by atoms with Gasteiger partial charge in [-0.15, -0.1) is 0 Å². The molecule has 4 rings (SSSR count). The fourth-order valence-corrected chi connectivity index (χ4v) is 3.27. The van der Waals surface area contributed by atoms with Gasteiger partial charge >= 0.3 is 12.2 Å². The molecule has 1 aliphatic heterocycles. The molecule has 1 aliphatic rings. The van der Waals surface area contributed by atoms with Gasteiger partial charge < -0.3 is 10.1 Å². The Hall–Kier alpha value is -3.69. The van der Waals surface area contributed by atoms with Crippen molar-refractivity contribution in [2.45, 2.75) is 33.9 Å². The number of halogens is 3. The minimum absolute atomic E-state index is 0.138. The largest absolute Gasteiger partial charge is 0.473 e. The van der Waals surface area contributed by atoms with Gasteiger partial charge in [0.1, 0.15) is 6.61 Å². The average Bonchev–Trinajstić information content (AvgIpc) is 2.78. The van der Waals surface area contributed by atoms with Crippen LogP contribution in [0.5, 0.6) is 5.88 Å². The number of hydrogen-bond donors (Lipinski definition) is 1. The van der Waals surface area contributed by atoms with Gasteiger partial charge in [0.15, 0.2) is 0 Å². The second-order valence-electron chi connectivity index (χ2n) is 7.03. The number of benzene rings is 1. The van der Waals surface area contributed by atoms with Crippen LogP contribution in [0.2, 0.25) is 0 Å². The monoisotopic (exact) mass is 459 g/mol. The summed E-state index contributed by atoms with van der Waals surface area (Å²) in [6.07, 6.45) is -3.15. The lowest BCUT2D eigenvalue weighted by Gasteiger charge is -2.28. The third-order valence-corrected chi connectivity index (χ3v) is 4.59. The quantitative estimate of drug-likeness (QED) is 0.537. The van der Waals surface area contributed by atoms with Crippen LogP contribution < -0.4 is 15.0 Å². The van der Waals surface area contributed by atoms with E-state index >= 15 is 0 Å². The Morgan fingerprint density at radius 3 is 2.45 bits per heavy atom. The fraction of sp³-hybridized carbons (Fsp3) is 0.304. The van der Waals surface area contributed by atoms with Crippen LogP contribution in [-0.2, 0) is 6.18 Å². The highest BCUT2D eigenvalue weighted by molar-refractivity contribution is 6.02. The van der Waals surface area contributed by atoms with Gasteiger partial charge in [-0.3, -0.25) is 9.88 Å². The molecule has 0 spiro atoms. The highest BCUT2D eigenvalue weighted by atomic mass is 19.4. The molecule has 174 valence electrons. The summed E-state index contributed by atoms with van der Waals surface area (Å²) in [6, 6.07) is 7.79. The summed E-state index contributed by atoms with van der Waals surface area (Å²) >= 11 is 0. The van der Waals surface area contributed by atoms with Crippen molar-refractivity contribution in [3.8, 4) is 17.1 Å². The number of urea groups is 1. The van der Waals surface area contributed by atoms with Gasteiger partial charge in [0.25, 0.3) is 5.88 Å². The van der Waals surface area contributed by atoms with Crippen molar-refractivity contribution in [3.05, 3.63) is 59.5 Å². The normalized spacial score (nSPS) is 12.8. The van der Waals surface area contributed by atoms with E-state index in [1.54, 1.807) is 12.1 Å². The van der Waals surface area contributed by atoms with Crippen molar-refractivity contribution in [1.29, 1.82) is 0 Å². The van der Waals surface area contributed by atoms with E-state index in [0.29, 0.717) is 5.69 Å². The summed E-state index contributed by atoms with van der Waals surface area (Å²) in [5, 5.41) is 2.80. The van der Waals surface area contributed by atoms with Crippen LogP contribution in [0.25, 0.3) is 11.3 Å². The van der Waals surface area contributed by atoms with E-state index in [1.807, 2.05) is 27.7 Å². The van der Waals surface area contributed by atoms with Gasteiger partial charge in [-0.2, -0.15) is 13.2 Å². The molecule has 0 bridgehead atoms. The number of aromatic nitrogens is 3. The first-order chi connectivity index (χ1) is 15.7. The SMILES string of the molecule is CC.Cc1cc(NC(=O)N2CCOc3ncc(-c4cccc(C(F)(F)F)c4)nc32)cc(C)n1. The maximum atomic E-state index is 13.1. The van der Waals surface area contributed by atoms with Gasteiger partial charge in [-0.1, -0.05) is 26.0 Å². The second kappa shape index (κ2) is 9.85. The fourth-order valence-electron chi connectivity index (χ4n) is 3.27. The first-order valence-electron chi connectivity index (χ1n) is 10.4. The molecule has 0 saturated heterocycles. The summed E-state index contributed by atoms with van der Waals surface area (Å²) in [5.74, 6) is 0.278. The van der Waals surface area contributed by atoms with Crippen molar-refractivity contribution in [2.75, 3.05) is 23.4 Å². The van der Waals surface area contributed by atoms with Crippen molar-refractivity contribution >= 4 is 17.5 Å². The summed E-state index contributed by atoms with van der Waals surface area (Å²) < 4.78 is 44.7. The number of nitrogens with one attached hydrogen (secondary N) is 1. The molecule has 0 atom stereocenters. The number of hydrogen-bond acceptors (Lipinski definition) is 5. The topological polar surface area (TPSA) is 80.2 Å². The maximum Gasteiger partial charge on any atom is 0.416 e. The molecule has 3 aromatic rings. The Morgan fingerprint density at radius 1 is 1.09 bits per heavy atom. The predicted octanol–water partition coefficient (Wildman–Crippen LogP) is 5.63. The molecule has 0 fully saturated rings. The van der Waals surface area contributed by atoms with Crippen LogP contribution in [0.1, 0.15) is 30.8 Å². The molecular weight excluding hydrogens is 435 g/mol. The van der Waals surface area contributed by atoms with E-state index in [0.717, 1.165) is 23.5 Å². The Morgan fingerprint density at radius 2 is 1.79 bits per heavy atom. The zero-order valence-corrected chi connectivity index (χ0v) is 18.7. The molecule has 10 heteroatoms. The Kier molecular flexibility index (Phi) is 7.15. The number of rotatable bonds is 2. The number of pyridine rings is 1. The van der Waals surface area contributed by atoms with Crippen LogP contribution in [0.3, 0.4) is 0 Å². The van der Waals surface area contributed by atoms with E-state index in [4.69, 9.17) is 4.74 Å². The van der Waals surface area contributed by atoms with E-state index in [9.17, 15) is 18.0 Å². The number of alkyl halides is 3. The summed E-state index contributed by atoms with van der Waals surface area (Å²) in [4.78, 5) is 27.1. The zero-order valence-electron chi connectivity index (χ0n) is 18.7. The molecule has 2 aromatic heterocycles. The zero-order chi connectivity index (χ0) is 24.2. The number of anilines is 2. The molecule has 0 aliphatic carbocycles. The average molecular weight is 459 g/mol. The summed E-state index contributed by atoms with van der Waals surface area (Å²) in [7, 11) is 0. The van der Waals surface area contributed by atoms with Gasteiger partial charge in [0, 0.05) is 22.6 Å². The summed E-state index contributed by atoms with van der Waals surface area (Å²) in [5.41, 5.74) is 1.72. The van der Waals surface area contributed by atoms with Gasteiger partial charge in [-0.05, 0) is 38.1 Å². The smallest absolute Gasteiger partial charge is 0.416 e. The van der Waals surface area contributed by atoms with E-state index < -0.39 is 17.8 Å². The number of aryl methyl sites for hydroxylation is 2. The molecule has 0 radical (unpaired) electrons. The van der Waals surface area contributed by atoms with Gasteiger partial charge in [0.2, 0.25) is 5.82 Å². The van der Waals surface area contributed by atoms with Crippen LogP contribution in [0.15, 0.2) is 42.6 Å². The molecule has 0 unspecified atom stereocenters. The Bertz CT molecular complexity index is 1130. The first kappa shape index (κ1) is 24.0. The third-order valence-electron chi connectivity index (χ3n) is 4.59. The number of fused-ring (bicyclic) bond motifs is 1. The molecule has 0 saturated carbocycles. The maximum absolute atomic E-state index is 13.1. The van der Waals surface area contributed by atoms with Crippen LogP contribution in [-0.4, -0.2) is 34.1 Å². The molecule has 7 nitrogen and oxygen atoms in total.